The minimum absolute atomic E-state index is 0.00138. The molecule has 0 atom stereocenters. The van der Waals surface area contributed by atoms with Crippen LogP contribution in [0.25, 0.3) is 11.4 Å². The van der Waals surface area contributed by atoms with Crippen LogP contribution in [-0.2, 0) is 35.1 Å². The lowest BCUT2D eigenvalue weighted by Gasteiger charge is -2.14. The van der Waals surface area contributed by atoms with Crippen molar-refractivity contribution in [1.82, 2.24) is 29.5 Å². The van der Waals surface area contributed by atoms with Crippen molar-refractivity contribution in [3.05, 3.63) is 185 Å². The second-order valence-electron chi connectivity index (χ2n) is 20.5. The lowest BCUT2D eigenvalue weighted by Crippen LogP contribution is -2.22. The molecular weight excluding hydrogens is 986 g/mol. The molecule has 0 spiro atoms. The zero-order valence-electron chi connectivity index (χ0n) is 43.9. The number of carbonyl (C=O) groups is 3. The molecular formula is C58H61F3N12O4. The summed E-state index contributed by atoms with van der Waals surface area (Å²) < 4.78 is 53.2. The Kier molecular flexibility index (Phi) is 16.7. The van der Waals surface area contributed by atoms with Gasteiger partial charge in [-0.1, -0.05) is 65.3 Å². The molecule has 5 amide bonds. The molecule has 0 unspecified atom stereocenters. The largest absolute Gasteiger partial charge is 0.489 e. The molecule has 4 aromatic heterocycles. The Balaban J connectivity index is 0.753. The first-order valence-corrected chi connectivity index (χ1v) is 25.1. The van der Waals surface area contributed by atoms with Gasteiger partial charge in [-0.25, -0.2) is 42.1 Å². The minimum atomic E-state index is -0.695. The molecule has 4 aromatic carbocycles. The van der Waals surface area contributed by atoms with Gasteiger partial charge >= 0.3 is 12.1 Å². The molecule has 8 aromatic rings. The van der Waals surface area contributed by atoms with E-state index in [1.54, 1.807) is 65.6 Å². The Labute approximate surface area is 444 Å². The number of amides is 5. The van der Waals surface area contributed by atoms with Crippen LogP contribution in [0.2, 0.25) is 0 Å². The van der Waals surface area contributed by atoms with Crippen LogP contribution in [0.1, 0.15) is 88.0 Å². The number of aryl methyl sites for hydroxylation is 3. The Morgan fingerprint density at radius 3 is 1.65 bits per heavy atom. The molecule has 0 aliphatic heterocycles. The van der Waals surface area contributed by atoms with Crippen LogP contribution in [0, 0.1) is 24.4 Å². The molecule has 8 rings (SSSR count). The van der Waals surface area contributed by atoms with Gasteiger partial charge in [0.2, 0.25) is 5.91 Å². The smallest absolute Gasteiger partial charge is 0.324 e. The third-order valence-electron chi connectivity index (χ3n) is 12.2. The number of aromatic nitrogens is 6. The monoisotopic (exact) mass is 1050 g/mol. The number of hydrogen-bond acceptors (Lipinski definition) is 9. The van der Waals surface area contributed by atoms with Gasteiger partial charge in [0.15, 0.2) is 0 Å². The summed E-state index contributed by atoms with van der Waals surface area (Å²) in [4.78, 5) is 47.7. The predicted molar refractivity (Wildman–Crippen MR) is 294 cm³/mol. The highest BCUT2D eigenvalue weighted by atomic mass is 19.1. The second-order valence-corrected chi connectivity index (χ2v) is 20.5. The molecule has 398 valence electrons. The van der Waals surface area contributed by atoms with Gasteiger partial charge in [-0.3, -0.25) is 15.4 Å². The number of nitrogens with zero attached hydrogens (tertiary/aromatic N) is 6. The Hall–Kier alpha value is -9.00. The quantitative estimate of drug-likeness (QED) is 0.0454. The zero-order valence-corrected chi connectivity index (χ0v) is 43.9. The van der Waals surface area contributed by atoms with Gasteiger partial charge in [-0.2, -0.15) is 10.2 Å². The average molecular weight is 1050 g/mol. The number of pyridine rings is 2. The number of carbonyl (C=O) groups excluding carboxylic acids is 3. The maximum atomic E-state index is 15.3. The van der Waals surface area contributed by atoms with Crippen molar-refractivity contribution in [3.8, 4) is 17.1 Å². The molecule has 16 nitrogen and oxygen atoms in total. The fraction of sp³-hybridized carbons (Fsp3) is 0.259. The van der Waals surface area contributed by atoms with E-state index >= 15 is 8.78 Å². The third kappa shape index (κ3) is 14.9. The molecule has 0 saturated carbocycles. The number of rotatable bonds is 18. The first kappa shape index (κ1) is 54.3. The summed E-state index contributed by atoms with van der Waals surface area (Å²) in [6.45, 7) is 14.5. The molecule has 6 N–H and O–H groups in total. The summed E-state index contributed by atoms with van der Waals surface area (Å²) in [6.07, 6.45) is 5.05. The lowest BCUT2D eigenvalue weighted by atomic mass is 9.92. The maximum absolute atomic E-state index is 15.3. The highest BCUT2D eigenvalue weighted by Gasteiger charge is 2.24. The summed E-state index contributed by atoms with van der Waals surface area (Å²) >= 11 is 0. The Morgan fingerprint density at radius 2 is 1.08 bits per heavy atom. The summed E-state index contributed by atoms with van der Waals surface area (Å²) in [7, 11) is 0. The van der Waals surface area contributed by atoms with Crippen molar-refractivity contribution >= 4 is 52.6 Å². The molecule has 0 aliphatic carbocycles. The van der Waals surface area contributed by atoms with Gasteiger partial charge in [0.05, 0.1) is 34.1 Å². The van der Waals surface area contributed by atoms with Gasteiger partial charge < -0.3 is 26.0 Å². The average Bonchev–Trinajstić information content (AvgIpc) is 4.02. The second kappa shape index (κ2) is 23.7. The molecule has 19 heteroatoms. The van der Waals surface area contributed by atoms with Crippen LogP contribution in [0.15, 0.2) is 134 Å². The number of benzene rings is 4. The summed E-state index contributed by atoms with van der Waals surface area (Å²) in [6, 6.07) is 31.7. The molecule has 0 radical (unpaired) electrons. The third-order valence-corrected chi connectivity index (χ3v) is 12.2. The summed E-state index contributed by atoms with van der Waals surface area (Å²) in [5, 5.41) is 26.1. The van der Waals surface area contributed by atoms with Crippen LogP contribution >= 0.6 is 0 Å². The van der Waals surface area contributed by atoms with Crippen LogP contribution in [0.4, 0.5) is 57.4 Å². The molecule has 0 aliphatic rings. The van der Waals surface area contributed by atoms with E-state index in [-0.39, 0.29) is 46.9 Å². The van der Waals surface area contributed by atoms with Crippen LogP contribution < -0.4 is 36.6 Å². The van der Waals surface area contributed by atoms with Crippen LogP contribution in [0.3, 0.4) is 0 Å². The first-order chi connectivity index (χ1) is 36.7. The van der Waals surface area contributed by atoms with E-state index in [0.717, 1.165) is 28.1 Å². The van der Waals surface area contributed by atoms with E-state index in [0.29, 0.717) is 66.0 Å². The number of ether oxygens (including phenoxy) is 1. The van der Waals surface area contributed by atoms with Crippen molar-refractivity contribution in [2.45, 2.75) is 91.6 Å². The molecule has 0 bridgehead atoms. The fourth-order valence-corrected chi connectivity index (χ4v) is 7.86. The van der Waals surface area contributed by atoms with Crippen molar-refractivity contribution in [1.29, 1.82) is 0 Å². The highest BCUT2D eigenvalue weighted by Crippen LogP contribution is 2.30. The Morgan fingerprint density at radius 1 is 0.558 bits per heavy atom. The first-order valence-electron chi connectivity index (χ1n) is 25.1. The lowest BCUT2D eigenvalue weighted by molar-refractivity contribution is -0.116. The van der Waals surface area contributed by atoms with E-state index in [1.165, 1.54) is 41.1 Å². The number of halogens is 3. The fourth-order valence-electron chi connectivity index (χ4n) is 7.86. The molecule has 77 heavy (non-hydrogen) atoms. The normalized spacial score (nSPS) is 11.5. The number of nitrogens with one attached hydrogen (secondary N) is 6. The van der Waals surface area contributed by atoms with E-state index in [4.69, 9.17) is 9.84 Å². The molecule has 0 saturated heterocycles. The zero-order chi connectivity index (χ0) is 54.9. The van der Waals surface area contributed by atoms with Gasteiger partial charge in [0, 0.05) is 54.4 Å². The summed E-state index contributed by atoms with van der Waals surface area (Å²) in [5.41, 5.74) is 5.59. The topological polar surface area (TPSA) is 194 Å². The van der Waals surface area contributed by atoms with Crippen molar-refractivity contribution in [2.75, 3.05) is 38.4 Å². The van der Waals surface area contributed by atoms with Gasteiger partial charge in [-0.05, 0) is 128 Å². The van der Waals surface area contributed by atoms with Gasteiger partial charge in [-0.15, -0.1) is 0 Å². The van der Waals surface area contributed by atoms with Crippen LogP contribution in [-0.4, -0.2) is 54.0 Å². The van der Waals surface area contributed by atoms with Crippen molar-refractivity contribution in [2.24, 2.45) is 0 Å². The van der Waals surface area contributed by atoms with Crippen LogP contribution in [0.5, 0.6) is 5.75 Å². The number of anilines is 6. The highest BCUT2D eigenvalue weighted by molar-refractivity contribution is 6.00. The van der Waals surface area contributed by atoms with Gasteiger partial charge in [0.25, 0.3) is 0 Å². The van der Waals surface area contributed by atoms with E-state index in [2.05, 4.69) is 47.0 Å². The standard InChI is InChI=1S/C58H61F3N12O4/c1-36-10-17-41(18-11-36)72-52(33-48(70-72)57(2,3)4)68-56(76)66-47-23-21-43(32-45(47)61)77-35-39-25-28-64-51(31-39)67-54(74)9-8-26-62-50-30-38(24-27-63-50)13-12-37-14-22-46(44(60)29-37)65-55(75)69-53-34-49(58(5,6)7)71-73(53)42-19-15-40(59)16-20-42/h10-11,14-25,27-34H,8-9,12-13,26,35H2,1-7H3,(H,62,63)(H,64,67,74)(H2,65,69,75)(H2,66,68,76). The van der Waals surface area contributed by atoms with E-state index < -0.39 is 29.5 Å². The SMILES string of the molecule is Cc1ccc(-n2nc(C(C)(C)C)cc2NC(=O)Nc2ccc(OCc3ccnc(NC(=O)CCCNc4cc(CCc5ccc(NC(=O)Nc6cc(C(C)(C)C)nn6-c6ccc(F)cc6)c(F)c5)ccn4)c3)cc2F)cc1. The summed E-state index contributed by atoms with van der Waals surface area (Å²) in [5.74, 6) is 0.0411. The molecule has 0 fully saturated rings. The molecule has 4 heterocycles. The van der Waals surface area contributed by atoms with Crippen molar-refractivity contribution < 1.29 is 32.3 Å². The van der Waals surface area contributed by atoms with Gasteiger partial charge in [0.1, 0.15) is 53.1 Å². The number of hydrogen-bond donors (Lipinski definition) is 6. The number of urea groups is 2. The van der Waals surface area contributed by atoms with E-state index in [1.807, 2.05) is 84.9 Å². The Bertz CT molecular complexity index is 3380. The van der Waals surface area contributed by atoms with E-state index in [9.17, 15) is 18.8 Å². The van der Waals surface area contributed by atoms with Crippen molar-refractivity contribution in [3.63, 3.8) is 0 Å². The predicted octanol–water partition coefficient (Wildman–Crippen LogP) is 12.7. The maximum Gasteiger partial charge on any atom is 0.324 e. The minimum Gasteiger partial charge on any atom is -0.489 e.